The van der Waals surface area contributed by atoms with Crippen LogP contribution in [-0.4, -0.2) is 29.1 Å². The van der Waals surface area contributed by atoms with E-state index in [1.165, 1.54) is 16.7 Å². The Morgan fingerprint density at radius 1 is 1.12 bits per heavy atom. The van der Waals surface area contributed by atoms with Crippen molar-refractivity contribution < 1.29 is 9.90 Å². The summed E-state index contributed by atoms with van der Waals surface area (Å²) in [7, 11) is 0. The van der Waals surface area contributed by atoms with Gasteiger partial charge in [-0.3, -0.25) is 9.69 Å². The maximum atomic E-state index is 11.3. The third-order valence-electron chi connectivity index (χ3n) is 5.00. The summed E-state index contributed by atoms with van der Waals surface area (Å²) in [6.45, 7) is 5.74. The van der Waals surface area contributed by atoms with Gasteiger partial charge in [0, 0.05) is 5.02 Å². The van der Waals surface area contributed by atoms with Crippen molar-refractivity contribution in [3.8, 4) is 0 Å². The molecule has 1 heterocycles. The molecule has 25 heavy (non-hydrogen) atoms. The lowest BCUT2D eigenvalue weighted by molar-refractivity contribution is -0.143. The van der Waals surface area contributed by atoms with Gasteiger partial charge >= 0.3 is 5.97 Å². The molecule has 4 heteroatoms. The van der Waals surface area contributed by atoms with E-state index in [0.29, 0.717) is 12.8 Å². The van der Waals surface area contributed by atoms with E-state index in [9.17, 15) is 9.90 Å². The van der Waals surface area contributed by atoms with E-state index >= 15 is 0 Å². The summed E-state index contributed by atoms with van der Waals surface area (Å²) in [6.07, 6.45) is 1.36. The van der Waals surface area contributed by atoms with E-state index in [1.54, 1.807) is 0 Å². The highest BCUT2D eigenvalue weighted by atomic mass is 35.5. The highest BCUT2D eigenvalue weighted by Crippen LogP contribution is 2.36. The van der Waals surface area contributed by atoms with E-state index in [-0.39, 0.29) is 12.0 Å². The van der Waals surface area contributed by atoms with Crippen molar-refractivity contribution in [2.45, 2.75) is 32.7 Å². The van der Waals surface area contributed by atoms with Crippen LogP contribution < -0.4 is 0 Å². The molecule has 1 unspecified atom stereocenters. The summed E-state index contributed by atoms with van der Waals surface area (Å²) in [5.41, 5.74) is 4.77. The van der Waals surface area contributed by atoms with Crippen LogP contribution in [0.5, 0.6) is 0 Å². The molecule has 2 aromatic rings. The fourth-order valence-corrected chi connectivity index (χ4v) is 4.10. The molecule has 0 amide bonds. The Hall–Kier alpha value is -1.84. The van der Waals surface area contributed by atoms with Crippen LogP contribution in [0.3, 0.4) is 0 Å². The van der Waals surface area contributed by atoms with Crippen molar-refractivity contribution in [2.75, 3.05) is 13.1 Å². The first-order valence-corrected chi connectivity index (χ1v) is 9.13. The molecular weight excluding hydrogens is 334 g/mol. The highest BCUT2D eigenvalue weighted by Gasteiger charge is 2.31. The first-order valence-electron chi connectivity index (χ1n) is 8.75. The Labute approximate surface area is 154 Å². The van der Waals surface area contributed by atoms with E-state index in [1.807, 2.05) is 18.2 Å². The van der Waals surface area contributed by atoms with Gasteiger partial charge in [-0.2, -0.15) is 0 Å². The first kappa shape index (κ1) is 18.0. The number of piperidine rings is 1. The summed E-state index contributed by atoms with van der Waals surface area (Å²) >= 11 is 6.53. The highest BCUT2D eigenvalue weighted by molar-refractivity contribution is 6.31. The van der Waals surface area contributed by atoms with Crippen molar-refractivity contribution >= 4 is 17.6 Å². The van der Waals surface area contributed by atoms with E-state index < -0.39 is 5.97 Å². The van der Waals surface area contributed by atoms with Gasteiger partial charge in [-0.15, -0.1) is 0 Å². The monoisotopic (exact) mass is 357 g/mol. The number of carboxylic acid groups (broad SMARTS) is 1. The summed E-state index contributed by atoms with van der Waals surface area (Å²) in [6, 6.07) is 14.6. The fourth-order valence-electron chi connectivity index (χ4n) is 3.86. The van der Waals surface area contributed by atoms with Gasteiger partial charge in [0.05, 0.1) is 12.0 Å². The minimum Gasteiger partial charge on any atom is -0.481 e. The Kier molecular flexibility index (Phi) is 5.45. The van der Waals surface area contributed by atoms with Gasteiger partial charge in [0.25, 0.3) is 0 Å². The molecule has 1 fully saturated rings. The molecule has 3 nitrogen and oxygen atoms in total. The minimum atomic E-state index is -0.680. The van der Waals surface area contributed by atoms with Gasteiger partial charge in [0.1, 0.15) is 0 Å². The quantitative estimate of drug-likeness (QED) is 0.850. The molecule has 2 aromatic carbocycles. The molecule has 1 aliphatic heterocycles. The molecule has 0 radical (unpaired) electrons. The number of carboxylic acids is 1. The molecule has 1 atom stereocenters. The average molecular weight is 358 g/mol. The van der Waals surface area contributed by atoms with Crippen molar-refractivity contribution in [3.63, 3.8) is 0 Å². The summed E-state index contributed by atoms with van der Waals surface area (Å²) in [4.78, 5) is 13.6. The van der Waals surface area contributed by atoms with E-state index in [2.05, 4.69) is 43.0 Å². The average Bonchev–Trinajstić information content (AvgIpc) is 2.56. The molecule has 1 aliphatic rings. The SMILES string of the molecule is Cc1cc(C)cc(C(c2ccccc2Cl)N2CCC(C(=O)O)CC2)c1. The molecule has 0 bridgehead atoms. The molecule has 0 aromatic heterocycles. The molecule has 1 N–H and O–H groups in total. The van der Waals surface area contributed by atoms with Crippen molar-refractivity contribution in [2.24, 2.45) is 5.92 Å². The lowest BCUT2D eigenvalue weighted by Gasteiger charge is -2.37. The number of nitrogens with zero attached hydrogens (tertiary/aromatic N) is 1. The van der Waals surface area contributed by atoms with E-state index in [0.717, 1.165) is 23.7 Å². The zero-order chi connectivity index (χ0) is 18.0. The van der Waals surface area contributed by atoms with Gasteiger partial charge in [-0.1, -0.05) is 59.1 Å². The second kappa shape index (κ2) is 7.59. The number of aryl methyl sites for hydroxylation is 2. The zero-order valence-electron chi connectivity index (χ0n) is 14.7. The van der Waals surface area contributed by atoms with Crippen LogP contribution in [0.25, 0.3) is 0 Å². The van der Waals surface area contributed by atoms with Crippen LogP contribution in [0.15, 0.2) is 42.5 Å². The fraction of sp³-hybridized carbons (Fsp3) is 0.381. The van der Waals surface area contributed by atoms with Gasteiger partial charge in [-0.25, -0.2) is 0 Å². The number of aliphatic carboxylic acids is 1. The molecule has 3 rings (SSSR count). The van der Waals surface area contributed by atoms with Crippen LogP contribution in [0.1, 0.15) is 41.1 Å². The molecular formula is C21H24ClNO2. The number of benzene rings is 2. The summed E-state index contributed by atoms with van der Waals surface area (Å²) in [5, 5.41) is 10.0. The van der Waals surface area contributed by atoms with Crippen LogP contribution >= 0.6 is 11.6 Å². The third-order valence-corrected chi connectivity index (χ3v) is 5.35. The Balaban J connectivity index is 1.98. The van der Waals surface area contributed by atoms with Gasteiger partial charge in [0.2, 0.25) is 0 Å². The topological polar surface area (TPSA) is 40.5 Å². The predicted octanol–water partition coefficient (Wildman–Crippen LogP) is 4.84. The van der Waals surface area contributed by atoms with Crippen molar-refractivity contribution in [1.29, 1.82) is 0 Å². The van der Waals surface area contributed by atoms with Crippen LogP contribution in [-0.2, 0) is 4.79 Å². The second-order valence-corrected chi connectivity index (χ2v) is 7.40. The molecule has 0 saturated carbocycles. The van der Waals surface area contributed by atoms with Gasteiger partial charge in [-0.05, 0) is 57.0 Å². The smallest absolute Gasteiger partial charge is 0.306 e. The molecule has 132 valence electrons. The lowest BCUT2D eigenvalue weighted by atomic mass is 9.90. The standard InChI is InChI=1S/C21H24ClNO2/c1-14-11-15(2)13-17(12-14)20(18-5-3-4-6-19(18)22)23-9-7-16(8-10-23)21(24)25/h3-6,11-13,16,20H,7-10H2,1-2H3,(H,24,25). The lowest BCUT2D eigenvalue weighted by Crippen LogP contribution is -2.39. The predicted molar refractivity (Wildman–Crippen MR) is 101 cm³/mol. The number of hydrogen-bond donors (Lipinski definition) is 1. The normalized spacial score (nSPS) is 17.4. The molecule has 1 saturated heterocycles. The first-order chi connectivity index (χ1) is 12.0. The van der Waals surface area contributed by atoms with Gasteiger partial charge in [0.15, 0.2) is 0 Å². The number of likely N-dealkylation sites (tertiary alicyclic amines) is 1. The Morgan fingerprint density at radius 2 is 1.72 bits per heavy atom. The van der Waals surface area contributed by atoms with Crippen LogP contribution in [0, 0.1) is 19.8 Å². The van der Waals surface area contributed by atoms with E-state index in [4.69, 9.17) is 11.6 Å². The minimum absolute atomic E-state index is 0.0574. The third kappa shape index (κ3) is 4.05. The maximum Gasteiger partial charge on any atom is 0.306 e. The number of halogens is 1. The maximum absolute atomic E-state index is 11.3. The summed E-state index contributed by atoms with van der Waals surface area (Å²) in [5.74, 6) is -0.914. The number of hydrogen-bond acceptors (Lipinski definition) is 2. The van der Waals surface area contributed by atoms with Gasteiger partial charge < -0.3 is 5.11 Å². The van der Waals surface area contributed by atoms with Crippen molar-refractivity contribution in [1.82, 2.24) is 4.90 Å². The van der Waals surface area contributed by atoms with Crippen LogP contribution in [0.2, 0.25) is 5.02 Å². The zero-order valence-corrected chi connectivity index (χ0v) is 15.5. The molecule has 0 spiro atoms. The largest absolute Gasteiger partial charge is 0.481 e. The van der Waals surface area contributed by atoms with Crippen molar-refractivity contribution in [3.05, 3.63) is 69.7 Å². The summed E-state index contributed by atoms with van der Waals surface area (Å²) < 4.78 is 0. The number of carbonyl (C=O) groups is 1. The molecule has 0 aliphatic carbocycles. The Bertz CT molecular complexity index is 746. The number of rotatable bonds is 4. The Morgan fingerprint density at radius 3 is 2.28 bits per heavy atom. The van der Waals surface area contributed by atoms with Crippen LogP contribution in [0.4, 0.5) is 0 Å². The second-order valence-electron chi connectivity index (χ2n) is 6.99.